The molecule has 18 heavy (non-hydrogen) atoms. The van der Waals surface area contributed by atoms with Gasteiger partial charge in [0.25, 0.3) is 5.56 Å². The van der Waals surface area contributed by atoms with Gasteiger partial charge in [-0.2, -0.15) is 11.8 Å². The Labute approximate surface area is 111 Å². The topological polar surface area (TPSA) is 57.8 Å². The lowest BCUT2D eigenvalue weighted by atomic mass is 10.1. The summed E-state index contributed by atoms with van der Waals surface area (Å²) in [5.41, 5.74) is 0.880. The van der Waals surface area contributed by atoms with Crippen LogP contribution in [0.2, 0.25) is 0 Å². The molecule has 3 rings (SSSR count). The van der Waals surface area contributed by atoms with Gasteiger partial charge in [0.15, 0.2) is 0 Å². The van der Waals surface area contributed by atoms with E-state index in [1.807, 2.05) is 11.8 Å². The molecule has 5 heteroatoms. The zero-order valence-electron chi connectivity index (χ0n) is 10.5. The van der Waals surface area contributed by atoms with Crippen LogP contribution in [-0.4, -0.2) is 21.8 Å². The van der Waals surface area contributed by atoms with Gasteiger partial charge < -0.3 is 10.3 Å². The van der Waals surface area contributed by atoms with Crippen molar-refractivity contribution in [3.63, 3.8) is 0 Å². The van der Waals surface area contributed by atoms with E-state index in [0.29, 0.717) is 0 Å². The van der Waals surface area contributed by atoms with Gasteiger partial charge >= 0.3 is 0 Å². The van der Waals surface area contributed by atoms with Gasteiger partial charge in [0.1, 0.15) is 11.6 Å². The second-order valence-corrected chi connectivity index (χ2v) is 6.38. The number of anilines is 1. The van der Waals surface area contributed by atoms with Crippen LogP contribution in [0, 0.1) is 0 Å². The maximum atomic E-state index is 11.9. The third-order valence-electron chi connectivity index (χ3n) is 3.72. The predicted octanol–water partition coefficient (Wildman–Crippen LogP) is 2.30. The third kappa shape index (κ3) is 2.55. The Hall–Kier alpha value is -0.970. The first-order chi connectivity index (χ1) is 8.83. The molecule has 1 fully saturated rings. The lowest BCUT2D eigenvalue weighted by Crippen LogP contribution is -2.25. The number of nitrogens with one attached hydrogen (secondary N) is 2. The highest BCUT2D eigenvalue weighted by molar-refractivity contribution is 7.99. The number of rotatable bonds is 3. The number of hydrogen-bond acceptors (Lipinski definition) is 4. The highest BCUT2D eigenvalue weighted by Crippen LogP contribution is 2.31. The van der Waals surface area contributed by atoms with E-state index in [0.717, 1.165) is 47.6 Å². The number of H-pyrrole nitrogens is 1. The summed E-state index contributed by atoms with van der Waals surface area (Å²) >= 11 is 1.94. The predicted molar refractivity (Wildman–Crippen MR) is 75.2 cm³/mol. The zero-order chi connectivity index (χ0) is 12.4. The number of thioether (sulfide) groups is 1. The molecule has 1 aliphatic heterocycles. The van der Waals surface area contributed by atoms with Crippen molar-refractivity contribution in [2.75, 3.05) is 11.9 Å². The largest absolute Gasteiger partial charge is 0.370 e. The standard InChI is InChI=1S/C13H19N3OS/c17-13-10-6-3-7-14-12(10)15-11(16-13)8-18-9-4-1-2-5-9/h9H,1-8H2,(H2,14,15,16,17). The highest BCUT2D eigenvalue weighted by Gasteiger charge is 2.18. The van der Waals surface area contributed by atoms with Crippen molar-refractivity contribution < 1.29 is 0 Å². The Bertz CT molecular complexity index is 480. The van der Waals surface area contributed by atoms with Crippen LogP contribution in [0.25, 0.3) is 0 Å². The molecular formula is C13H19N3OS. The lowest BCUT2D eigenvalue weighted by molar-refractivity contribution is 0.788. The van der Waals surface area contributed by atoms with Crippen LogP contribution in [0.4, 0.5) is 5.82 Å². The van der Waals surface area contributed by atoms with Crippen LogP contribution in [0.15, 0.2) is 4.79 Å². The Kier molecular flexibility index (Phi) is 3.59. The van der Waals surface area contributed by atoms with Gasteiger partial charge in [0.2, 0.25) is 0 Å². The molecule has 0 spiro atoms. The molecule has 2 aliphatic rings. The van der Waals surface area contributed by atoms with Crippen LogP contribution in [-0.2, 0) is 12.2 Å². The van der Waals surface area contributed by atoms with Crippen LogP contribution < -0.4 is 10.9 Å². The summed E-state index contributed by atoms with van der Waals surface area (Å²) < 4.78 is 0. The first kappa shape index (κ1) is 12.1. The monoisotopic (exact) mass is 265 g/mol. The molecule has 0 bridgehead atoms. The molecule has 0 radical (unpaired) electrons. The fourth-order valence-corrected chi connectivity index (χ4v) is 3.91. The third-order valence-corrected chi connectivity index (χ3v) is 5.10. The Balaban J connectivity index is 1.72. The van der Waals surface area contributed by atoms with E-state index in [4.69, 9.17) is 0 Å². The Morgan fingerprint density at radius 1 is 1.28 bits per heavy atom. The molecule has 4 nitrogen and oxygen atoms in total. The van der Waals surface area contributed by atoms with Crippen molar-refractivity contribution >= 4 is 17.6 Å². The maximum Gasteiger partial charge on any atom is 0.256 e. The number of hydrogen-bond donors (Lipinski definition) is 2. The maximum absolute atomic E-state index is 11.9. The van der Waals surface area contributed by atoms with Crippen molar-refractivity contribution in [3.05, 3.63) is 21.7 Å². The smallest absolute Gasteiger partial charge is 0.256 e. The van der Waals surface area contributed by atoms with E-state index < -0.39 is 0 Å². The second-order valence-electron chi connectivity index (χ2n) is 5.09. The minimum atomic E-state index is 0.0502. The Morgan fingerprint density at radius 3 is 2.94 bits per heavy atom. The van der Waals surface area contributed by atoms with Crippen LogP contribution >= 0.6 is 11.8 Å². The summed E-state index contributed by atoms with van der Waals surface area (Å²) in [5.74, 6) is 2.46. The summed E-state index contributed by atoms with van der Waals surface area (Å²) in [6.07, 6.45) is 7.21. The summed E-state index contributed by atoms with van der Waals surface area (Å²) in [7, 11) is 0. The fraction of sp³-hybridized carbons (Fsp3) is 0.692. The molecule has 1 aromatic heterocycles. The number of aromatic amines is 1. The van der Waals surface area contributed by atoms with Crippen molar-refractivity contribution in [3.8, 4) is 0 Å². The van der Waals surface area contributed by atoms with E-state index in [1.54, 1.807) is 0 Å². The molecular weight excluding hydrogens is 246 g/mol. The van der Waals surface area contributed by atoms with Crippen molar-refractivity contribution in [2.24, 2.45) is 0 Å². The quantitative estimate of drug-likeness (QED) is 0.880. The summed E-state index contributed by atoms with van der Waals surface area (Å²) in [6, 6.07) is 0. The normalized spacial score (nSPS) is 19.6. The van der Waals surface area contributed by atoms with Gasteiger partial charge in [-0.25, -0.2) is 4.98 Å². The molecule has 1 aromatic rings. The van der Waals surface area contributed by atoms with Crippen LogP contribution in [0.1, 0.15) is 43.5 Å². The van der Waals surface area contributed by atoms with Gasteiger partial charge in [-0.05, 0) is 25.7 Å². The minimum Gasteiger partial charge on any atom is -0.370 e. The molecule has 1 saturated carbocycles. The molecule has 98 valence electrons. The molecule has 0 atom stereocenters. The highest BCUT2D eigenvalue weighted by atomic mass is 32.2. The molecule has 2 heterocycles. The van der Waals surface area contributed by atoms with Gasteiger partial charge in [-0.15, -0.1) is 0 Å². The van der Waals surface area contributed by atoms with Gasteiger partial charge in [0, 0.05) is 11.8 Å². The van der Waals surface area contributed by atoms with Crippen molar-refractivity contribution in [1.29, 1.82) is 0 Å². The van der Waals surface area contributed by atoms with E-state index in [9.17, 15) is 4.79 Å². The molecule has 0 amide bonds. The summed E-state index contributed by atoms with van der Waals surface area (Å²) in [4.78, 5) is 19.4. The van der Waals surface area contributed by atoms with E-state index in [1.165, 1.54) is 25.7 Å². The van der Waals surface area contributed by atoms with Crippen molar-refractivity contribution in [1.82, 2.24) is 9.97 Å². The van der Waals surface area contributed by atoms with Gasteiger partial charge in [0.05, 0.1) is 11.3 Å². The first-order valence-corrected chi connectivity index (χ1v) is 7.85. The van der Waals surface area contributed by atoms with E-state index >= 15 is 0 Å². The first-order valence-electron chi connectivity index (χ1n) is 6.80. The van der Waals surface area contributed by atoms with E-state index in [-0.39, 0.29) is 5.56 Å². The molecule has 0 aromatic carbocycles. The second kappa shape index (κ2) is 5.34. The molecule has 1 aliphatic carbocycles. The van der Waals surface area contributed by atoms with Gasteiger partial charge in [-0.1, -0.05) is 12.8 Å². The number of nitrogens with zero attached hydrogens (tertiary/aromatic N) is 1. The zero-order valence-corrected chi connectivity index (χ0v) is 11.3. The summed E-state index contributed by atoms with van der Waals surface area (Å²) in [5, 5.41) is 3.99. The average Bonchev–Trinajstić information content (AvgIpc) is 2.90. The minimum absolute atomic E-state index is 0.0502. The van der Waals surface area contributed by atoms with E-state index in [2.05, 4.69) is 15.3 Å². The number of aromatic nitrogens is 2. The van der Waals surface area contributed by atoms with Crippen LogP contribution in [0.3, 0.4) is 0 Å². The molecule has 0 unspecified atom stereocenters. The lowest BCUT2D eigenvalue weighted by Gasteiger charge is -2.17. The molecule has 2 N–H and O–H groups in total. The number of fused-ring (bicyclic) bond motifs is 1. The fourth-order valence-electron chi connectivity index (χ4n) is 2.71. The average molecular weight is 265 g/mol. The summed E-state index contributed by atoms with van der Waals surface area (Å²) in [6.45, 7) is 0.929. The Morgan fingerprint density at radius 2 is 2.11 bits per heavy atom. The van der Waals surface area contributed by atoms with Crippen LogP contribution in [0.5, 0.6) is 0 Å². The van der Waals surface area contributed by atoms with Crippen molar-refractivity contribution in [2.45, 2.75) is 49.5 Å². The SMILES string of the molecule is O=c1[nH]c(CSC2CCCC2)nc2c1CCCN2. The van der Waals surface area contributed by atoms with Gasteiger partial charge in [-0.3, -0.25) is 4.79 Å². The molecule has 0 saturated heterocycles.